The van der Waals surface area contributed by atoms with Gasteiger partial charge in [0, 0.05) is 25.7 Å². The van der Waals surface area contributed by atoms with E-state index in [0.29, 0.717) is 12.2 Å². The normalized spacial score (nSPS) is 19.2. The highest BCUT2D eigenvalue weighted by Gasteiger charge is 2.21. The summed E-state index contributed by atoms with van der Waals surface area (Å²) in [6.07, 6.45) is 2.50. The summed E-state index contributed by atoms with van der Waals surface area (Å²) in [4.78, 5) is 13.1. The number of hydrogen-bond acceptors (Lipinski definition) is 4. The van der Waals surface area contributed by atoms with E-state index in [1.807, 2.05) is 19.1 Å². The molecular formula is C15H23N3O2. The maximum Gasteiger partial charge on any atom is 0.292 e. The van der Waals surface area contributed by atoms with Crippen molar-refractivity contribution in [2.45, 2.75) is 33.2 Å². The van der Waals surface area contributed by atoms with Gasteiger partial charge in [0.25, 0.3) is 5.69 Å². The number of nitrogens with zero attached hydrogens (tertiary/aromatic N) is 2. The van der Waals surface area contributed by atoms with Crippen LogP contribution in [0.2, 0.25) is 0 Å². The second kappa shape index (κ2) is 6.70. The molecule has 0 spiro atoms. The molecule has 1 atom stereocenters. The molecule has 5 nitrogen and oxygen atoms in total. The minimum atomic E-state index is -0.329. The third-order valence-corrected chi connectivity index (χ3v) is 3.98. The molecule has 5 heteroatoms. The van der Waals surface area contributed by atoms with Crippen molar-refractivity contribution in [2.75, 3.05) is 25.0 Å². The number of nitro groups is 1. The van der Waals surface area contributed by atoms with E-state index in [0.717, 1.165) is 31.1 Å². The number of rotatable bonds is 6. The van der Waals surface area contributed by atoms with E-state index in [4.69, 9.17) is 0 Å². The average molecular weight is 277 g/mol. The smallest absolute Gasteiger partial charge is 0.292 e. The summed E-state index contributed by atoms with van der Waals surface area (Å²) in [6.45, 7) is 8.03. The first kappa shape index (κ1) is 14.8. The van der Waals surface area contributed by atoms with E-state index in [1.54, 1.807) is 6.07 Å². The maximum atomic E-state index is 11.0. The van der Waals surface area contributed by atoms with Crippen LogP contribution in [0.15, 0.2) is 18.2 Å². The lowest BCUT2D eigenvalue weighted by atomic mass is 10.1. The van der Waals surface area contributed by atoms with Crippen LogP contribution in [0.1, 0.15) is 32.3 Å². The average Bonchev–Trinajstić information content (AvgIpc) is 2.87. The minimum absolute atomic E-state index is 0.156. The molecule has 1 heterocycles. The largest absolute Gasteiger partial charge is 0.380 e. The van der Waals surface area contributed by atoms with E-state index < -0.39 is 0 Å². The van der Waals surface area contributed by atoms with Gasteiger partial charge in [-0.25, -0.2) is 0 Å². The summed E-state index contributed by atoms with van der Waals surface area (Å²) in [6, 6.07) is 5.40. The Bertz CT molecular complexity index is 476. The molecule has 20 heavy (non-hydrogen) atoms. The van der Waals surface area contributed by atoms with Gasteiger partial charge in [0.2, 0.25) is 0 Å². The monoisotopic (exact) mass is 277 g/mol. The molecule has 2 rings (SSSR count). The maximum absolute atomic E-state index is 11.0. The van der Waals surface area contributed by atoms with Crippen molar-refractivity contribution in [3.8, 4) is 0 Å². The van der Waals surface area contributed by atoms with Crippen molar-refractivity contribution in [1.82, 2.24) is 4.90 Å². The lowest BCUT2D eigenvalue weighted by molar-refractivity contribution is -0.384. The second-order valence-electron chi connectivity index (χ2n) is 5.44. The van der Waals surface area contributed by atoms with Crippen LogP contribution < -0.4 is 5.32 Å². The van der Waals surface area contributed by atoms with Gasteiger partial charge < -0.3 is 5.32 Å². The van der Waals surface area contributed by atoms with Crippen LogP contribution in [0.25, 0.3) is 0 Å². The lowest BCUT2D eigenvalue weighted by Crippen LogP contribution is -2.20. The first-order valence-electron chi connectivity index (χ1n) is 7.37. The molecule has 1 N–H and O–H groups in total. The van der Waals surface area contributed by atoms with Crippen LogP contribution in [0, 0.1) is 16.0 Å². The van der Waals surface area contributed by atoms with Crippen molar-refractivity contribution in [2.24, 2.45) is 5.92 Å². The lowest BCUT2D eigenvalue weighted by Gasteiger charge is -2.16. The van der Waals surface area contributed by atoms with E-state index >= 15 is 0 Å². The van der Waals surface area contributed by atoms with Crippen molar-refractivity contribution < 1.29 is 4.92 Å². The van der Waals surface area contributed by atoms with Crippen LogP contribution in [0.5, 0.6) is 0 Å². The third-order valence-electron chi connectivity index (χ3n) is 3.98. The van der Waals surface area contributed by atoms with Gasteiger partial charge in [-0.1, -0.05) is 19.4 Å². The Balaban J connectivity index is 2.09. The molecule has 0 amide bonds. The quantitative estimate of drug-likeness (QED) is 0.640. The molecule has 0 aromatic heterocycles. The van der Waals surface area contributed by atoms with Gasteiger partial charge in [0.1, 0.15) is 5.69 Å². The van der Waals surface area contributed by atoms with E-state index in [1.165, 1.54) is 12.8 Å². The Kier molecular flexibility index (Phi) is 4.95. The fourth-order valence-electron chi connectivity index (χ4n) is 2.82. The van der Waals surface area contributed by atoms with Gasteiger partial charge in [-0.2, -0.15) is 0 Å². The zero-order chi connectivity index (χ0) is 14.5. The number of anilines is 1. The van der Waals surface area contributed by atoms with Crippen LogP contribution >= 0.6 is 0 Å². The topological polar surface area (TPSA) is 58.4 Å². The summed E-state index contributed by atoms with van der Waals surface area (Å²) < 4.78 is 0. The van der Waals surface area contributed by atoms with Gasteiger partial charge >= 0.3 is 0 Å². The molecule has 1 aromatic carbocycles. The summed E-state index contributed by atoms with van der Waals surface area (Å²) in [5.41, 5.74) is 1.92. The molecule has 0 saturated carbocycles. The molecular weight excluding hydrogens is 254 g/mol. The zero-order valence-corrected chi connectivity index (χ0v) is 12.3. The summed E-state index contributed by atoms with van der Waals surface area (Å²) >= 11 is 0. The first-order chi connectivity index (χ1) is 9.63. The van der Waals surface area contributed by atoms with Gasteiger partial charge in [-0.15, -0.1) is 0 Å². The predicted molar refractivity (Wildman–Crippen MR) is 80.9 cm³/mol. The van der Waals surface area contributed by atoms with Crippen molar-refractivity contribution in [3.63, 3.8) is 0 Å². The Morgan fingerprint density at radius 3 is 2.85 bits per heavy atom. The molecule has 110 valence electrons. The highest BCUT2D eigenvalue weighted by atomic mass is 16.6. The molecule has 0 aliphatic carbocycles. The van der Waals surface area contributed by atoms with E-state index in [9.17, 15) is 10.1 Å². The molecule has 1 aliphatic rings. The Labute approximate surface area is 120 Å². The summed E-state index contributed by atoms with van der Waals surface area (Å²) in [5, 5.41) is 14.1. The molecule has 1 saturated heterocycles. The highest BCUT2D eigenvalue weighted by molar-refractivity contribution is 5.62. The predicted octanol–water partition coefficient (Wildman–Crippen LogP) is 3.26. The summed E-state index contributed by atoms with van der Waals surface area (Å²) in [7, 11) is 0. The Morgan fingerprint density at radius 2 is 2.25 bits per heavy atom. The third kappa shape index (κ3) is 3.48. The fraction of sp³-hybridized carbons (Fsp3) is 0.600. The van der Waals surface area contributed by atoms with Crippen LogP contribution in [0.4, 0.5) is 11.4 Å². The van der Waals surface area contributed by atoms with Gasteiger partial charge in [0.05, 0.1) is 4.92 Å². The second-order valence-corrected chi connectivity index (χ2v) is 5.44. The summed E-state index contributed by atoms with van der Waals surface area (Å²) in [5.74, 6) is 0.807. The number of likely N-dealkylation sites (tertiary alicyclic amines) is 1. The van der Waals surface area contributed by atoms with Gasteiger partial charge in [-0.3, -0.25) is 15.0 Å². The molecule has 0 bridgehead atoms. The fourth-order valence-corrected chi connectivity index (χ4v) is 2.82. The van der Waals surface area contributed by atoms with Crippen molar-refractivity contribution >= 4 is 11.4 Å². The Hall–Kier alpha value is -1.62. The van der Waals surface area contributed by atoms with Crippen LogP contribution in [-0.2, 0) is 6.54 Å². The molecule has 1 fully saturated rings. The number of hydrogen-bond donors (Lipinski definition) is 1. The molecule has 0 radical (unpaired) electrons. The van der Waals surface area contributed by atoms with Crippen molar-refractivity contribution in [3.05, 3.63) is 33.9 Å². The van der Waals surface area contributed by atoms with Crippen LogP contribution in [-0.4, -0.2) is 29.5 Å². The molecule has 1 aromatic rings. The van der Waals surface area contributed by atoms with Crippen molar-refractivity contribution in [1.29, 1.82) is 0 Å². The SMILES string of the molecule is CCNc1cc(CN2CCC(CC)C2)ccc1[N+](=O)[O-]. The molecule has 1 aliphatic heterocycles. The first-order valence-corrected chi connectivity index (χ1v) is 7.37. The Morgan fingerprint density at radius 1 is 1.45 bits per heavy atom. The van der Waals surface area contributed by atoms with Gasteiger partial charge in [-0.05, 0) is 37.4 Å². The van der Waals surface area contributed by atoms with E-state index in [2.05, 4.69) is 17.1 Å². The van der Waals surface area contributed by atoms with Crippen LogP contribution in [0.3, 0.4) is 0 Å². The van der Waals surface area contributed by atoms with E-state index in [-0.39, 0.29) is 10.6 Å². The zero-order valence-electron chi connectivity index (χ0n) is 12.3. The number of benzene rings is 1. The van der Waals surface area contributed by atoms with Gasteiger partial charge in [0.15, 0.2) is 0 Å². The minimum Gasteiger partial charge on any atom is -0.380 e. The number of nitrogens with one attached hydrogen (secondary N) is 1. The molecule has 1 unspecified atom stereocenters. The standard InChI is InChI=1S/C15H23N3O2/c1-3-12-7-8-17(10-12)11-13-5-6-15(18(19)20)14(9-13)16-4-2/h5-6,9,12,16H,3-4,7-8,10-11H2,1-2H3. The number of nitro benzene ring substituents is 1. The highest BCUT2D eigenvalue weighted by Crippen LogP contribution is 2.27.